The number of esters is 1. The van der Waals surface area contributed by atoms with E-state index in [-0.39, 0.29) is 18.5 Å². The second-order valence-electron chi connectivity index (χ2n) is 22.5. The minimum atomic E-state index is -0.682. The monoisotopic (exact) mass is 1000 g/mol. The van der Waals surface area contributed by atoms with E-state index in [1.54, 1.807) is 0 Å². The van der Waals surface area contributed by atoms with Crippen molar-refractivity contribution >= 4 is 11.9 Å². The van der Waals surface area contributed by atoms with E-state index in [0.717, 1.165) is 70.6 Å². The van der Waals surface area contributed by atoms with Crippen LogP contribution in [0, 0.1) is 0 Å². The average Bonchev–Trinajstić information content (AvgIpc) is 3.37. The molecule has 0 radical (unpaired) electrons. The molecule has 2 unspecified atom stereocenters. The molecule has 0 aromatic heterocycles. The van der Waals surface area contributed by atoms with Crippen LogP contribution in [0.4, 0.5) is 0 Å². The number of hydrogen-bond donors (Lipinski definition) is 3. The van der Waals surface area contributed by atoms with E-state index < -0.39 is 12.1 Å². The zero-order valence-electron chi connectivity index (χ0n) is 48.2. The van der Waals surface area contributed by atoms with Crippen LogP contribution in [0.1, 0.15) is 367 Å². The first-order chi connectivity index (χ1) is 35.0. The lowest BCUT2D eigenvalue weighted by Crippen LogP contribution is -2.45. The van der Waals surface area contributed by atoms with Crippen molar-refractivity contribution < 1.29 is 24.5 Å². The molecule has 1 amide bonds. The third-order valence-electron chi connectivity index (χ3n) is 15.3. The van der Waals surface area contributed by atoms with Gasteiger partial charge in [0, 0.05) is 12.8 Å². The molecule has 0 aliphatic rings. The van der Waals surface area contributed by atoms with Gasteiger partial charge in [-0.15, -0.1) is 0 Å². The summed E-state index contributed by atoms with van der Waals surface area (Å²) in [5.41, 5.74) is 0. The van der Waals surface area contributed by atoms with Crippen LogP contribution in [-0.2, 0) is 14.3 Å². The molecule has 0 heterocycles. The first kappa shape index (κ1) is 69.6. The van der Waals surface area contributed by atoms with Gasteiger partial charge in [0.1, 0.15) is 0 Å². The summed E-state index contributed by atoms with van der Waals surface area (Å²) in [6.45, 7) is 4.95. The van der Waals surface area contributed by atoms with Crippen LogP contribution < -0.4 is 5.32 Å². The van der Waals surface area contributed by atoms with E-state index in [9.17, 15) is 19.8 Å². The molecule has 0 aromatic carbocycles. The molecule has 0 aliphatic carbocycles. The molecule has 6 nitrogen and oxygen atoms in total. The van der Waals surface area contributed by atoms with Crippen LogP contribution >= 0.6 is 0 Å². The third-order valence-corrected chi connectivity index (χ3v) is 15.3. The Hall–Kier alpha value is -1.40. The predicted molar refractivity (Wildman–Crippen MR) is 310 cm³/mol. The number of carbonyl (C=O) groups excluding carboxylic acids is 2. The zero-order chi connectivity index (χ0) is 51.4. The van der Waals surface area contributed by atoms with Crippen LogP contribution in [0.25, 0.3) is 0 Å². The fourth-order valence-corrected chi connectivity index (χ4v) is 10.3. The Balaban J connectivity index is 3.45. The van der Waals surface area contributed by atoms with Crippen LogP contribution in [0.3, 0.4) is 0 Å². The van der Waals surface area contributed by atoms with Crippen molar-refractivity contribution in [1.29, 1.82) is 0 Å². The highest BCUT2D eigenvalue weighted by Gasteiger charge is 2.20. The number of carbonyl (C=O) groups is 2. The first-order valence-corrected chi connectivity index (χ1v) is 32.4. The van der Waals surface area contributed by atoms with E-state index in [1.165, 1.54) is 263 Å². The summed E-state index contributed by atoms with van der Waals surface area (Å²) < 4.78 is 5.48. The maximum Gasteiger partial charge on any atom is 0.305 e. The minimum Gasteiger partial charge on any atom is -0.466 e. The molecule has 6 heteroatoms. The highest BCUT2D eigenvalue weighted by molar-refractivity contribution is 5.76. The van der Waals surface area contributed by atoms with Crippen molar-refractivity contribution in [3.8, 4) is 0 Å². The summed E-state index contributed by atoms with van der Waals surface area (Å²) >= 11 is 0. The molecule has 0 rings (SSSR count). The number of allylic oxidation sites excluding steroid dienone is 2. The molecular formula is C65H127NO5. The summed E-state index contributed by atoms with van der Waals surface area (Å²) in [4.78, 5) is 24.6. The van der Waals surface area contributed by atoms with E-state index in [2.05, 4.69) is 31.3 Å². The van der Waals surface area contributed by atoms with Gasteiger partial charge in [-0.05, 0) is 51.4 Å². The standard InChI is InChI=1S/C65H127NO5/c1-3-5-7-9-11-13-15-17-19-21-22-23-24-25-26-27-28-29-30-33-37-41-45-49-53-57-63(68)62(61-67)66-64(69)58-54-50-46-42-38-34-32-36-40-44-48-52-56-60-71-65(70)59-55-51-47-43-39-35-31-20-18-16-14-12-10-8-6-4-2/h34,38,62-63,67-68H,3-33,35-37,39-61H2,1-2H3,(H,66,69)/b38-34-. The molecule has 3 N–H and O–H groups in total. The lowest BCUT2D eigenvalue weighted by Gasteiger charge is -2.22. The Morgan fingerprint density at radius 2 is 0.662 bits per heavy atom. The molecule has 422 valence electrons. The molecular weight excluding hydrogens is 875 g/mol. The Kier molecular flexibility index (Phi) is 59.9. The molecule has 0 aromatic rings. The van der Waals surface area contributed by atoms with Crippen LogP contribution in [0.15, 0.2) is 12.2 Å². The normalized spacial score (nSPS) is 12.6. The van der Waals surface area contributed by atoms with Gasteiger partial charge in [-0.1, -0.05) is 315 Å². The predicted octanol–water partition coefficient (Wildman–Crippen LogP) is 20.4. The summed E-state index contributed by atoms with van der Waals surface area (Å²) in [6, 6.07) is -0.562. The van der Waals surface area contributed by atoms with E-state index >= 15 is 0 Å². The molecule has 0 saturated heterocycles. The molecule has 71 heavy (non-hydrogen) atoms. The quantitative estimate of drug-likeness (QED) is 0.0320. The molecule has 2 atom stereocenters. The Morgan fingerprint density at radius 3 is 1.01 bits per heavy atom. The smallest absolute Gasteiger partial charge is 0.305 e. The molecule has 0 aliphatic heterocycles. The number of ether oxygens (including phenoxy) is 1. The third kappa shape index (κ3) is 57.7. The van der Waals surface area contributed by atoms with Crippen molar-refractivity contribution in [2.75, 3.05) is 13.2 Å². The van der Waals surface area contributed by atoms with Gasteiger partial charge in [0.15, 0.2) is 0 Å². The highest BCUT2D eigenvalue weighted by Crippen LogP contribution is 2.18. The van der Waals surface area contributed by atoms with Gasteiger partial charge in [-0.25, -0.2) is 0 Å². The first-order valence-electron chi connectivity index (χ1n) is 32.4. The number of rotatable bonds is 61. The van der Waals surface area contributed by atoms with E-state index in [1.807, 2.05) is 0 Å². The lowest BCUT2D eigenvalue weighted by molar-refractivity contribution is -0.143. The van der Waals surface area contributed by atoms with Crippen LogP contribution in [-0.4, -0.2) is 47.4 Å². The van der Waals surface area contributed by atoms with Crippen LogP contribution in [0.2, 0.25) is 0 Å². The summed E-state index contributed by atoms with van der Waals surface area (Å²) in [6.07, 6.45) is 73.7. The topological polar surface area (TPSA) is 95.9 Å². The SMILES string of the molecule is CCCCCCCCCCCCCCCCCCCCCCCCCCCC(O)C(CO)NC(=O)CCCCC/C=C\CCCCCCCCOC(=O)CCCCCCCCCCCCCCCCCC. The zero-order valence-corrected chi connectivity index (χ0v) is 48.2. The molecule has 0 bridgehead atoms. The molecule has 0 saturated carbocycles. The fraction of sp³-hybridized carbons (Fsp3) is 0.938. The number of nitrogens with one attached hydrogen (secondary N) is 1. The number of aliphatic hydroxyl groups excluding tert-OH is 2. The Bertz CT molecular complexity index is 1060. The van der Waals surface area contributed by atoms with Crippen molar-refractivity contribution in [3.63, 3.8) is 0 Å². The summed E-state index contributed by atoms with van der Waals surface area (Å²) in [7, 11) is 0. The molecule has 0 spiro atoms. The second-order valence-corrected chi connectivity index (χ2v) is 22.5. The largest absolute Gasteiger partial charge is 0.466 e. The van der Waals surface area contributed by atoms with Gasteiger partial charge in [0.2, 0.25) is 5.91 Å². The van der Waals surface area contributed by atoms with Crippen molar-refractivity contribution in [3.05, 3.63) is 12.2 Å². The van der Waals surface area contributed by atoms with Gasteiger partial charge < -0.3 is 20.3 Å². The number of hydrogen-bond acceptors (Lipinski definition) is 5. The Labute approximate surface area is 444 Å². The fourth-order valence-electron chi connectivity index (χ4n) is 10.3. The number of amides is 1. The van der Waals surface area contributed by atoms with Gasteiger partial charge in [-0.2, -0.15) is 0 Å². The van der Waals surface area contributed by atoms with E-state index in [0.29, 0.717) is 25.9 Å². The van der Waals surface area contributed by atoms with Gasteiger partial charge in [0.05, 0.1) is 25.4 Å². The highest BCUT2D eigenvalue weighted by atomic mass is 16.5. The van der Waals surface area contributed by atoms with Crippen LogP contribution in [0.5, 0.6) is 0 Å². The maximum absolute atomic E-state index is 12.5. The van der Waals surface area contributed by atoms with Gasteiger partial charge in [-0.3, -0.25) is 9.59 Å². The average molecular weight is 1000 g/mol. The Morgan fingerprint density at radius 1 is 0.380 bits per heavy atom. The minimum absolute atomic E-state index is 0.00767. The van der Waals surface area contributed by atoms with E-state index in [4.69, 9.17) is 4.74 Å². The second kappa shape index (κ2) is 61.1. The summed E-state index contributed by atoms with van der Waals surface area (Å²) in [5, 5.41) is 23.4. The van der Waals surface area contributed by atoms with Gasteiger partial charge >= 0.3 is 5.97 Å². The van der Waals surface area contributed by atoms with Crippen molar-refractivity contribution in [2.24, 2.45) is 0 Å². The number of unbranched alkanes of at least 4 members (excludes halogenated alkanes) is 48. The van der Waals surface area contributed by atoms with Crippen molar-refractivity contribution in [2.45, 2.75) is 379 Å². The lowest BCUT2D eigenvalue weighted by atomic mass is 10.0. The van der Waals surface area contributed by atoms with Gasteiger partial charge in [0.25, 0.3) is 0 Å². The summed E-state index contributed by atoms with van der Waals surface area (Å²) in [5.74, 6) is -0.0677. The van der Waals surface area contributed by atoms with Crippen molar-refractivity contribution in [1.82, 2.24) is 5.32 Å². The number of aliphatic hydroxyl groups is 2. The maximum atomic E-state index is 12.5. The molecule has 0 fully saturated rings.